The van der Waals surface area contributed by atoms with Gasteiger partial charge in [-0.3, -0.25) is 4.79 Å². The molecule has 2 rings (SSSR count). The topological polar surface area (TPSA) is 108 Å². The number of aliphatic hydroxyl groups is 1. The average Bonchev–Trinajstić information content (AvgIpc) is 2.66. The Hall–Kier alpha value is -2.31. The number of aromatic carboxylic acids is 1. The molecule has 0 bridgehead atoms. The number of benzene rings is 2. The lowest BCUT2D eigenvalue weighted by molar-refractivity contribution is 0.0697. The Kier molecular flexibility index (Phi) is 8.29. The van der Waals surface area contributed by atoms with E-state index in [0.29, 0.717) is 11.3 Å². The van der Waals surface area contributed by atoms with Gasteiger partial charge < -0.3 is 25.6 Å². The van der Waals surface area contributed by atoms with Gasteiger partial charge in [0.25, 0.3) is 5.91 Å². The number of carboxylic acids is 1. The van der Waals surface area contributed by atoms with Crippen molar-refractivity contribution < 1.29 is 33.3 Å². The Bertz CT molecular complexity index is 924. The number of carboxylic acid groups (broad SMARTS) is 1. The summed E-state index contributed by atoms with van der Waals surface area (Å²) in [5.74, 6) is -5.43. The van der Waals surface area contributed by atoms with E-state index in [1.54, 1.807) is 25.1 Å². The minimum Gasteiger partial charge on any atom is -0.478 e. The van der Waals surface area contributed by atoms with Gasteiger partial charge in [0.05, 0.1) is 36.6 Å². The summed E-state index contributed by atoms with van der Waals surface area (Å²) >= 11 is 2.09. The second kappa shape index (κ2) is 10.5. The summed E-state index contributed by atoms with van der Waals surface area (Å²) in [5.41, 5.74) is -0.764. The van der Waals surface area contributed by atoms with Gasteiger partial charge in [-0.2, -0.15) is 0 Å². The molecule has 10 heteroatoms. The summed E-state index contributed by atoms with van der Waals surface area (Å²) in [4.78, 5) is 23.8. The molecule has 0 radical (unpaired) electrons. The second-order valence-electron chi connectivity index (χ2n) is 5.96. The maximum Gasteiger partial charge on any atom is 0.337 e. The predicted molar refractivity (Wildman–Crippen MR) is 111 cm³/mol. The van der Waals surface area contributed by atoms with Crippen molar-refractivity contribution in [2.75, 3.05) is 31.7 Å². The maximum absolute atomic E-state index is 14.7. The highest BCUT2D eigenvalue weighted by Gasteiger charge is 2.26. The lowest BCUT2D eigenvalue weighted by Gasteiger charge is -2.16. The first-order chi connectivity index (χ1) is 13.8. The van der Waals surface area contributed by atoms with Crippen molar-refractivity contribution in [1.82, 2.24) is 5.32 Å². The highest BCUT2D eigenvalue weighted by molar-refractivity contribution is 14.1. The van der Waals surface area contributed by atoms with Crippen molar-refractivity contribution in [3.8, 4) is 0 Å². The number of halogens is 3. The molecule has 0 aliphatic rings. The molecular formula is C19H19F2IN2O5. The molecule has 0 fully saturated rings. The van der Waals surface area contributed by atoms with Gasteiger partial charge in [0.15, 0.2) is 11.6 Å². The molecular weight excluding hydrogens is 501 g/mol. The fourth-order valence-corrected chi connectivity index (χ4v) is 3.13. The standard InChI is InChI=1S/C19H19F2IN2O5/c1-10-8-11(22)2-3-14(10)24-17-13(19(27)28)9-12(15(20)16(17)21)18(26)23-4-6-29-7-5-25/h2-3,8-9,24-25H,4-7H2,1H3,(H,23,26)(H,27,28). The van der Waals surface area contributed by atoms with E-state index in [1.165, 1.54) is 0 Å². The van der Waals surface area contributed by atoms with E-state index in [0.717, 1.165) is 9.64 Å². The predicted octanol–water partition coefficient (Wildman–Crippen LogP) is 3.06. The van der Waals surface area contributed by atoms with Gasteiger partial charge in [0, 0.05) is 15.8 Å². The van der Waals surface area contributed by atoms with Gasteiger partial charge in [-0.1, -0.05) is 0 Å². The third-order valence-corrected chi connectivity index (χ3v) is 4.57. The number of ether oxygens (including phenoxy) is 1. The zero-order chi connectivity index (χ0) is 21.6. The van der Waals surface area contributed by atoms with E-state index in [9.17, 15) is 23.5 Å². The van der Waals surface area contributed by atoms with E-state index in [4.69, 9.17) is 9.84 Å². The molecule has 29 heavy (non-hydrogen) atoms. The number of aliphatic hydroxyl groups excluding tert-OH is 1. The molecule has 2 aromatic carbocycles. The van der Waals surface area contributed by atoms with Gasteiger partial charge in [0.2, 0.25) is 0 Å². The quantitative estimate of drug-likeness (QED) is 0.299. The smallest absolute Gasteiger partial charge is 0.337 e. The zero-order valence-corrected chi connectivity index (χ0v) is 17.5. The summed E-state index contributed by atoms with van der Waals surface area (Å²) < 4.78 is 35.1. The maximum atomic E-state index is 14.7. The number of amides is 1. The Morgan fingerprint density at radius 3 is 2.48 bits per heavy atom. The van der Waals surface area contributed by atoms with E-state index in [1.807, 2.05) is 0 Å². The van der Waals surface area contributed by atoms with Crippen LogP contribution in [0.15, 0.2) is 24.3 Å². The molecule has 1 amide bonds. The number of anilines is 2. The molecule has 0 aliphatic heterocycles. The van der Waals surface area contributed by atoms with Crippen molar-refractivity contribution in [1.29, 1.82) is 0 Å². The molecule has 0 saturated heterocycles. The van der Waals surface area contributed by atoms with Crippen LogP contribution in [0.4, 0.5) is 20.2 Å². The summed E-state index contributed by atoms with van der Waals surface area (Å²) in [6.45, 7) is 1.64. The van der Waals surface area contributed by atoms with Crippen molar-refractivity contribution in [3.63, 3.8) is 0 Å². The normalized spacial score (nSPS) is 10.7. The Morgan fingerprint density at radius 2 is 1.86 bits per heavy atom. The molecule has 0 aliphatic carbocycles. The van der Waals surface area contributed by atoms with Crippen LogP contribution in [0.25, 0.3) is 0 Å². The van der Waals surface area contributed by atoms with Gasteiger partial charge >= 0.3 is 5.97 Å². The Labute approximate surface area is 179 Å². The first-order valence-electron chi connectivity index (χ1n) is 8.51. The van der Waals surface area contributed by atoms with Crippen molar-refractivity contribution in [3.05, 3.63) is 56.2 Å². The average molecular weight is 520 g/mol. The van der Waals surface area contributed by atoms with Gasteiger partial charge in [0.1, 0.15) is 0 Å². The SMILES string of the molecule is Cc1cc(I)ccc1Nc1c(C(=O)O)cc(C(=O)NCCOCCO)c(F)c1F. The van der Waals surface area contributed by atoms with E-state index in [-0.39, 0.29) is 26.4 Å². The van der Waals surface area contributed by atoms with Crippen LogP contribution in [-0.2, 0) is 4.74 Å². The first-order valence-corrected chi connectivity index (χ1v) is 9.59. The second-order valence-corrected chi connectivity index (χ2v) is 7.20. The third kappa shape index (κ3) is 5.84. The Morgan fingerprint density at radius 1 is 1.14 bits per heavy atom. The van der Waals surface area contributed by atoms with Crippen molar-refractivity contribution >= 4 is 45.8 Å². The molecule has 0 unspecified atom stereocenters. The molecule has 7 nitrogen and oxygen atoms in total. The van der Waals surface area contributed by atoms with Crippen LogP contribution in [0, 0.1) is 22.1 Å². The molecule has 0 atom stereocenters. The van der Waals surface area contributed by atoms with Crippen molar-refractivity contribution in [2.45, 2.75) is 6.92 Å². The fourth-order valence-electron chi connectivity index (χ4n) is 2.48. The summed E-state index contributed by atoms with van der Waals surface area (Å²) in [7, 11) is 0. The monoisotopic (exact) mass is 520 g/mol. The van der Waals surface area contributed by atoms with Gasteiger partial charge in [-0.25, -0.2) is 13.6 Å². The molecule has 0 saturated carbocycles. The number of hydrogen-bond donors (Lipinski definition) is 4. The molecule has 0 spiro atoms. The number of rotatable bonds is 9. The van der Waals surface area contributed by atoms with Crippen molar-refractivity contribution in [2.24, 2.45) is 0 Å². The number of nitrogens with one attached hydrogen (secondary N) is 2. The molecule has 0 heterocycles. The Balaban J connectivity index is 2.33. The van der Waals surface area contributed by atoms with E-state index < -0.39 is 40.3 Å². The van der Waals surface area contributed by atoms with Crippen LogP contribution in [-0.4, -0.2) is 48.5 Å². The first kappa shape index (κ1) is 23.0. The fraction of sp³-hybridized carbons (Fsp3) is 0.263. The van der Waals surface area contributed by atoms with E-state index in [2.05, 4.69) is 33.2 Å². The minimum absolute atomic E-state index is 0.0237. The highest BCUT2D eigenvalue weighted by Crippen LogP contribution is 2.30. The van der Waals surface area contributed by atoms with Crippen LogP contribution in [0.1, 0.15) is 26.3 Å². The highest BCUT2D eigenvalue weighted by atomic mass is 127. The summed E-state index contributed by atoms with van der Waals surface area (Å²) in [6, 6.07) is 5.92. The van der Waals surface area contributed by atoms with Gasteiger partial charge in [-0.05, 0) is 59.3 Å². The summed E-state index contributed by atoms with van der Waals surface area (Å²) in [5, 5.41) is 23.0. The van der Waals surface area contributed by atoms with Crippen LogP contribution in [0.3, 0.4) is 0 Å². The number of aryl methyl sites for hydroxylation is 1. The van der Waals surface area contributed by atoms with Crippen LogP contribution < -0.4 is 10.6 Å². The number of carbonyl (C=O) groups excluding carboxylic acids is 1. The number of hydrogen-bond acceptors (Lipinski definition) is 5. The largest absolute Gasteiger partial charge is 0.478 e. The zero-order valence-electron chi connectivity index (χ0n) is 15.4. The summed E-state index contributed by atoms with van der Waals surface area (Å²) in [6.07, 6.45) is 0. The molecule has 2 aromatic rings. The molecule has 156 valence electrons. The minimum atomic E-state index is -1.52. The molecule has 4 N–H and O–H groups in total. The lowest BCUT2D eigenvalue weighted by atomic mass is 10.0. The van der Waals surface area contributed by atoms with Crippen LogP contribution in [0.2, 0.25) is 0 Å². The van der Waals surface area contributed by atoms with Crippen LogP contribution in [0.5, 0.6) is 0 Å². The lowest BCUT2D eigenvalue weighted by Crippen LogP contribution is -2.29. The van der Waals surface area contributed by atoms with Gasteiger partial charge in [-0.15, -0.1) is 0 Å². The molecule has 0 aromatic heterocycles. The third-order valence-electron chi connectivity index (χ3n) is 3.90. The number of carbonyl (C=O) groups is 2. The van der Waals surface area contributed by atoms with Crippen LogP contribution >= 0.6 is 22.6 Å². The van der Waals surface area contributed by atoms with E-state index >= 15 is 0 Å².